The maximum absolute atomic E-state index is 11.5. The van der Waals surface area contributed by atoms with E-state index in [-0.39, 0.29) is 11.9 Å². The molecule has 1 fully saturated rings. The van der Waals surface area contributed by atoms with Crippen LogP contribution in [-0.4, -0.2) is 19.7 Å². The molecular formula is C15H20O3. The van der Waals surface area contributed by atoms with Gasteiger partial charge in [0.15, 0.2) is 0 Å². The topological polar surface area (TPSA) is 35.5 Å². The summed E-state index contributed by atoms with van der Waals surface area (Å²) in [5, 5.41) is 0. The zero-order valence-corrected chi connectivity index (χ0v) is 11.5. The molecule has 2 rings (SSSR count). The van der Waals surface area contributed by atoms with Gasteiger partial charge in [-0.2, -0.15) is 0 Å². The monoisotopic (exact) mass is 248 g/mol. The van der Waals surface area contributed by atoms with Gasteiger partial charge < -0.3 is 9.47 Å². The molecule has 0 aromatic heterocycles. The van der Waals surface area contributed by atoms with Crippen LogP contribution in [0.15, 0.2) is 6.07 Å². The van der Waals surface area contributed by atoms with E-state index in [1.54, 1.807) is 7.11 Å². The highest BCUT2D eigenvalue weighted by molar-refractivity contribution is 5.74. The average Bonchev–Trinajstić information content (AvgIpc) is 2.72. The molecular weight excluding hydrogens is 228 g/mol. The first-order valence-electron chi connectivity index (χ1n) is 6.35. The van der Waals surface area contributed by atoms with E-state index < -0.39 is 0 Å². The molecule has 1 unspecified atom stereocenters. The fourth-order valence-corrected chi connectivity index (χ4v) is 2.66. The third-order valence-electron chi connectivity index (χ3n) is 3.85. The second kappa shape index (κ2) is 5.01. The molecule has 0 aliphatic carbocycles. The molecule has 0 amide bonds. The van der Waals surface area contributed by atoms with Gasteiger partial charge in [0.25, 0.3) is 0 Å². The number of methoxy groups -OCH3 is 1. The summed E-state index contributed by atoms with van der Waals surface area (Å²) in [6.45, 7) is 6.77. The molecule has 1 atom stereocenters. The lowest BCUT2D eigenvalue weighted by molar-refractivity contribution is -0.141. The standard InChI is InChI=1S/C15H20O3/c1-9-7-13(8-12-5-6-18-15(12)16)10(2)11(3)14(9)17-4/h7,12H,5-6,8H2,1-4H3. The smallest absolute Gasteiger partial charge is 0.309 e. The molecule has 1 aliphatic rings. The van der Waals surface area contributed by atoms with E-state index in [4.69, 9.17) is 9.47 Å². The molecule has 18 heavy (non-hydrogen) atoms. The lowest BCUT2D eigenvalue weighted by Gasteiger charge is -2.16. The minimum Gasteiger partial charge on any atom is -0.496 e. The Morgan fingerprint density at radius 3 is 2.61 bits per heavy atom. The fraction of sp³-hybridized carbons (Fsp3) is 0.533. The molecule has 1 aliphatic heterocycles. The number of rotatable bonds is 3. The van der Waals surface area contributed by atoms with Crippen LogP contribution < -0.4 is 4.74 Å². The van der Waals surface area contributed by atoms with E-state index in [0.29, 0.717) is 6.61 Å². The van der Waals surface area contributed by atoms with Gasteiger partial charge in [-0.05, 0) is 55.9 Å². The highest BCUT2D eigenvalue weighted by Gasteiger charge is 2.27. The Labute approximate surface area is 108 Å². The summed E-state index contributed by atoms with van der Waals surface area (Å²) in [4.78, 5) is 11.5. The number of aryl methyl sites for hydroxylation is 1. The summed E-state index contributed by atoms with van der Waals surface area (Å²) in [5.41, 5.74) is 4.74. The predicted molar refractivity (Wildman–Crippen MR) is 70.0 cm³/mol. The lowest BCUT2D eigenvalue weighted by Crippen LogP contribution is -2.12. The molecule has 0 saturated carbocycles. The molecule has 98 valence electrons. The number of cyclic esters (lactones) is 1. The molecule has 3 nitrogen and oxygen atoms in total. The van der Waals surface area contributed by atoms with Crippen LogP contribution in [0.3, 0.4) is 0 Å². The van der Waals surface area contributed by atoms with Crippen molar-refractivity contribution in [3.63, 3.8) is 0 Å². The summed E-state index contributed by atoms with van der Waals surface area (Å²) >= 11 is 0. The summed E-state index contributed by atoms with van der Waals surface area (Å²) in [6.07, 6.45) is 1.61. The second-order valence-electron chi connectivity index (χ2n) is 4.99. The Bertz CT molecular complexity index is 477. The van der Waals surface area contributed by atoms with Crippen molar-refractivity contribution in [3.05, 3.63) is 28.3 Å². The predicted octanol–water partition coefficient (Wildman–Crippen LogP) is 2.73. The number of carbonyl (C=O) groups excluding carboxylic acids is 1. The van der Waals surface area contributed by atoms with Crippen LogP contribution in [-0.2, 0) is 16.0 Å². The molecule has 1 aromatic rings. The van der Waals surface area contributed by atoms with Gasteiger partial charge in [0, 0.05) is 0 Å². The van der Waals surface area contributed by atoms with Gasteiger partial charge in [0.1, 0.15) is 5.75 Å². The van der Waals surface area contributed by atoms with Gasteiger partial charge in [-0.15, -0.1) is 0 Å². The van der Waals surface area contributed by atoms with Crippen molar-refractivity contribution in [2.24, 2.45) is 5.92 Å². The Morgan fingerprint density at radius 2 is 2.06 bits per heavy atom. The summed E-state index contributed by atoms with van der Waals surface area (Å²) in [7, 11) is 1.70. The minimum atomic E-state index is -0.0551. The molecule has 0 N–H and O–H groups in total. The van der Waals surface area contributed by atoms with E-state index in [9.17, 15) is 4.79 Å². The van der Waals surface area contributed by atoms with Crippen LogP contribution in [0.4, 0.5) is 0 Å². The number of esters is 1. The van der Waals surface area contributed by atoms with Crippen molar-refractivity contribution in [3.8, 4) is 5.75 Å². The first kappa shape index (κ1) is 12.9. The van der Waals surface area contributed by atoms with E-state index in [1.165, 1.54) is 16.7 Å². The van der Waals surface area contributed by atoms with Crippen LogP contribution >= 0.6 is 0 Å². The van der Waals surface area contributed by atoms with Gasteiger partial charge in [-0.3, -0.25) is 4.79 Å². The van der Waals surface area contributed by atoms with Gasteiger partial charge in [0.2, 0.25) is 0 Å². The summed E-state index contributed by atoms with van der Waals surface area (Å²) in [6, 6.07) is 2.13. The third-order valence-corrected chi connectivity index (χ3v) is 3.85. The molecule has 0 spiro atoms. The van der Waals surface area contributed by atoms with Crippen LogP contribution in [0, 0.1) is 26.7 Å². The molecule has 3 heteroatoms. The molecule has 1 heterocycles. The number of carbonyl (C=O) groups is 1. The molecule has 0 radical (unpaired) electrons. The van der Waals surface area contributed by atoms with Crippen molar-refractivity contribution in [1.82, 2.24) is 0 Å². The average molecular weight is 248 g/mol. The van der Waals surface area contributed by atoms with Crippen LogP contribution in [0.1, 0.15) is 28.7 Å². The second-order valence-corrected chi connectivity index (χ2v) is 4.99. The Morgan fingerprint density at radius 1 is 1.33 bits per heavy atom. The normalized spacial score (nSPS) is 18.9. The number of hydrogen-bond donors (Lipinski definition) is 0. The Balaban J connectivity index is 2.31. The minimum absolute atomic E-state index is 0.0240. The highest BCUT2D eigenvalue weighted by atomic mass is 16.5. The third kappa shape index (κ3) is 2.22. The number of benzene rings is 1. The van der Waals surface area contributed by atoms with Crippen molar-refractivity contribution < 1.29 is 14.3 Å². The van der Waals surface area contributed by atoms with Crippen LogP contribution in [0.5, 0.6) is 5.75 Å². The molecule has 0 bridgehead atoms. The molecule has 1 saturated heterocycles. The largest absolute Gasteiger partial charge is 0.496 e. The zero-order chi connectivity index (χ0) is 13.3. The Hall–Kier alpha value is -1.51. The van der Waals surface area contributed by atoms with Crippen molar-refractivity contribution >= 4 is 5.97 Å². The maximum atomic E-state index is 11.5. The fourth-order valence-electron chi connectivity index (χ4n) is 2.66. The quantitative estimate of drug-likeness (QED) is 0.772. The Kier molecular flexibility index (Phi) is 3.60. The lowest BCUT2D eigenvalue weighted by atomic mass is 9.91. The van der Waals surface area contributed by atoms with E-state index in [2.05, 4.69) is 19.9 Å². The van der Waals surface area contributed by atoms with Crippen molar-refractivity contribution in [2.75, 3.05) is 13.7 Å². The van der Waals surface area contributed by atoms with Gasteiger partial charge in [-0.25, -0.2) is 0 Å². The van der Waals surface area contributed by atoms with E-state index in [0.717, 1.165) is 24.2 Å². The highest BCUT2D eigenvalue weighted by Crippen LogP contribution is 2.31. The number of hydrogen-bond acceptors (Lipinski definition) is 3. The van der Waals surface area contributed by atoms with Crippen molar-refractivity contribution in [1.29, 1.82) is 0 Å². The SMILES string of the molecule is COc1c(C)cc(CC2CCOC2=O)c(C)c1C. The number of ether oxygens (including phenoxy) is 2. The zero-order valence-electron chi connectivity index (χ0n) is 11.5. The summed E-state index contributed by atoms with van der Waals surface area (Å²) < 4.78 is 10.4. The van der Waals surface area contributed by atoms with Crippen molar-refractivity contribution in [2.45, 2.75) is 33.6 Å². The summed E-state index contributed by atoms with van der Waals surface area (Å²) in [5.74, 6) is 0.918. The van der Waals surface area contributed by atoms with E-state index in [1.807, 2.05) is 6.92 Å². The van der Waals surface area contributed by atoms with Gasteiger partial charge in [0.05, 0.1) is 19.6 Å². The van der Waals surface area contributed by atoms with Crippen LogP contribution in [0.25, 0.3) is 0 Å². The van der Waals surface area contributed by atoms with Gasteiger partial charge in [-0.1, -0.05) is 6.07 Å². The van der Waals surface area contributed by atoms with Crippen LogP contribution in [0.2, 0.25) is 0 Å². The van der Waals surface area contributed by atoms with E-state index >= 15 is 0 Å². The first-order valence-corrected chi connectivity index (χ1v) is 6.35. The first-order chi connectivity index (χ1) is 8.54. The van der Waals surface area contributed by atoms with Gasteiger partial charge >= 0.3 is 5.97 Å². The maximum Gasteiger partial charge on any atom is 0.309 e. The molecule has 1 aromatic carbocycles.